The van der Waals surface area contributed by atoms with Crippen molar-refractivity contribution in [2.45, 2.75) is 6.42 Å². The lowest BCUT2D eigenvalue weighted by Crippen LogP contribution is -2.15. The van der Waals surface area contributed by atoms with Gasteiger partial charge in [0, 0.05) is 13.2 Å². The van der Waals surface area contributed by atoms with Crippen LogP contribution in [0.1, 0.15) is 11.1 Å². The molecule has 0 saturated heterocycles. The standard InChI is InChI=1S/C13H12N4O2/c1-17-8-10(7-14)13(16-17)15-12(19)6-9-3-2-4-11(18)5-9/h2-5,8,18H,6H2,1H3,(H,15,16,19). The molecule has 0 unspecified atom stereocenters. The number of aryl methyl sites for hydroxylation is 1. The molecule has 0 bridgehead atoms. The molecule has 0 aliphatic heterocycles. The highest BCUT2D eigenvalue weighted by Crippen LogP contribution is 2.14. The molecule has 1 aromatic heterocycles. The topological polar surface area (TPSA) is 90.9 Å². The maximum Gasteiger partial charge on any atom is 0.230 e. The van der Waals surface area contributed by atoms with Gasteiger partial charge >= 0.3 is 0 Å². The lowest BCUT2D eigenvalue weighted by atomic mass is 10.1. The summed E-state index contributed by atoms with van der Waals surface area (Å²) < 4.78 is 1.46. The minimum Gasteiger partial charge on any atom is -0.508 e. The second-order valence-electron chi connectivity index (χ2n) is 4.07. The van der Waals surface area contributed by atoms with E-state index in [2.05, 4.69) is 10.4 Å². The number of nitriles is 1. The molecule has 2 aromatic rings. The van der Waals surface area contributed by atoms with Crippen LogP contribution in [0.3, 0.4) is 0 Å². The van der Waals surface area contributed by atoms with Crippen LogP contribution in [-0.2, 0) is 18.3 Å². The zero-order valence-corrected chi connectivity index (χ0v) is 10.3. The van der Waals surface area contributed by atoms with Gasteiger partial charge in [0.2, 0.25) is 5.91 Å². The van der Waals surface area contributed by atoms with Crippen LogP contribution >= 0.6 is 0 Å². The summed E-state index contributed by atoms with van der Waals surface area (Å²) in [6.07, 6.45) is 1.64. The Balaban J connectivity index is 2.08. The first-order valence-electron chi connectivity index (χ1n) is 5.60. The first-order valence-corrected chi connectivity index (χ1v) is 5.60. The van der Waals surface area contributed by atoms with Gasteiger partial charge in [0.25, 0.3) is 0 Å². The Labute approximate surface area is 109 Å². The van der Waals surface area contributed by atoms with Crippen molar-refractivity contribution in [3.05, 3.63) is 41.6 Å². The summed E-state index contributed by atoms with van der Waals surface area (Å²) in [6.45, 7) is 0. The van der Waals surface area contributed by atoms with Gasteiger partial charge in [0.05, 0.1) is 6.42 Å². The largest absolute Gasteiger partial charge is 0.508 e. The van der Waals surface area contributed by atoms with Gasteiger partial charge < -0.3 is 10.4 Å². The normalized spacial score (nSPS) is 9.89. The third-order valence-corrected chi connectivity index (χ3v) is 2.48. The van der Waals surface area contributed by atoms with E-state index in [9.17, 15) is 9.90 Å². The lowest BCUT2D eigenvalue weighted by Gasteiger charge is -2.03. The summed E-state index contributed by atoms with van der Waals surface area (Å²) in [6, 6.07) is 8.41. The van der Waals surface area contributed by atoms with E-state index in [-0.39, 0.29) is 23.9 Å². The molecule has 2 rings (SSSR count). The maximum absolute atomic E-state index is 11.8. The molecule has 1 amide bonds. The third kappa shape index (κ3) is 3.10. The van der Waals surface area contributed by atoms with E-state index in [1.807, 2.05) is 6.07 Å². The van der Waals surface area contributed by atoms with Crippen molar-refractivity contribution in [1.82, 2.24) is 9.78 Å². The quantitative estimate of drug-likeness (QED) is 0.862. The molecule has 0 atom stereocenters. The number of aromatic nitrogens is 2. The molecule has 0 aliphatic rings. The van der Waals surface area contributed by atoms with Crippen LogP contribution in [0, 0.1) is 11.3 Å². The van der Waals surface area contributed by atoms with Crippen LogP contribution in [0.4, 0.5) is 5.82 Å². The van der Waals surface area contributed by atoms with E-state index in [1.165, 1.54) is 23.0 Å². The number of phenols is 1. The molecule has 96 valence electrons. The van der Waals surface area contributed by atoms with Crippen molar-refractivity contribution in [1.29, 1.82) is 5.26 Å². The fraction of sp³-hybridized carbons (Fsp3) is 0.154. The number of hydrogen-bond donors (Lipinski definition) is 2. The van der Waals surface area contributed by atoms with Crippen molar-refractivity contribution in [2.75, 3.05) is 5.32 Å². The van der Waals surface area contributed by atoms with E-state index in [0.717, 1.165) is 0 Å². The molecule has 0 saturated carbocycles. The predicted molar refractivity (Wildman–Crippen MR) is 68.4 cm³/mol. The summed E-state index contributed by atoms with van der Waals surface area (Å²) in [4.78, 5) is 11.8. The Bertz CT molecular complexity index is 655. The second kappa shape index (κ2) is 5.23. The summed E-state index contributed by atoms with van der Waals surface area (Å²) in [5.74, 6) is 0.0665. The smallest absolute Gasteiger partial charge is 0.230 e. The second-order valence-corrected chi connectivity index (χ2v) is 4.07. The summed E-state index contributed by atoms with van der Waals surface area (Å²) >= 11 is 0. The number of anilines is 1. The minimum absolute atomic E-state index is 0.107. The number of nitrogens with one attached hydrogen (secondary N) is 1. The van der Waals surface area contributed by atoms with E-state index >= 15 is 0 Å². The molecule has 0 fully saturated rings. The Morgan fingerprint density at radius 3 is 3.05 bits per heavy atom. The average molecular weight is 256 g/mol. The fourth-order valence-electron chi connectivity index (χ4n) is 1.69. The SMILES string of the molecule is Cn1cc(C#N)c(NC(=O)Cc2cccc(O)c2)n1. The molecule has 1 heterocycles. The lowest BCUT2D eigenvalue weighted by molar-refractivity contribution is -0.115. The first-order chi connectivity index (χ1) is 9.08. The van der Waals surface area contributed by atoms with Gasteiger partial charge in [-0.2, -0.15) is 10.4 Å². The van der Waals surface area contributed by atoms with Crippen LogP contribution in [-0.4, -0.2) is 20.8 Å². The highest BCUT2D eigenvalue weighted by atomic mass is 16.3. The van der Waals surface area contributed by atoms with Gasteiger partial charge in [-0.25, -0.2) is 0 Å². The van der Waals surface area contributed by atoms with E-state index in [1.54, 1.807) is 19.2 Å². The Kier molecular flexibility index (Phi) is 3.48. The summed E-state index contributed by atoms with van der Waals surface area (Å²) in [5, 5.41) is 24.8. The van der Waals surface area contributed by atoms with Crippen LogP contribution in [0.2, 0.25) is 0 Å². The average Bonchev–Trinajstić information content (AvgIpc) is 2.69. The van der Waals surface area contributed by atoms with E-state index in [0.29, 0.717) is 11.1 Å². The zero-order valence-electron chi connectivity index (χ0n) is 10.3. The molecule has 0 radical (unpaired) electrons. The molecule has 2 N–H and O–H groups in total. The summed E-state index contributed by atoms with van der Waals surface area (Å²) in [5.41, 5.74) is 0.999. The number of carbonyl (C=O) groups is 1. The molecule has 0 spiro atoms. The molecule has 1 aromatic carbocycles. The first kappa shape index (κ1) is 12.6. The maximum atomic E-state index is 11.8. The molecule has 0 aliphatic carbocycles. The number of carbonyl (C=O) groups excluding carboxylic acids is 1. The van der Waals surface area contributed by atoms with Gasteiger partial charge in [-0.3, -0.25) is 9.48 Å². The fourth-order valence-corrected chi connectivity index (χ4v) is 1.69. The highest BCUT2D eigenvalue weighted by Gasteiger charge is 2.11. The van der Waals surface area contributed by atoms with Gasteiger partial charge in [-0.15, -0.1) is 0 Å². The van der Waals surface area contributed by atoms with Crippen LogP contribution in [0.15, 0.2) is 30.5 Å². The van der Waals surface area contributed by atoms with Crippen LogP contribution < -0.4 is 5.32 Å². The molecular weight excluding hydrogens is 244 g/mol. The van der Waals surface area contributed by atoms with Gasteiger partial charge in [0.15, 0.2) is 5.82 Å². The molecule has 6 nitrogen and oxygen atoms in total. The molecule has 19 heavy (non-hydrogen) atoms. The van der Waals surface area contributed by atoms with Crippen molar-refractivity contribution < 1.29 is 9.90 Å². The van der Waals surface area contributed by atoms with E-state index < -0.39 is 0 Å². The number of rotatable bonds is 3. The number of amides is 1. The van der Waals surface area contributed by atoms with Crippen molar-refractivity contribution >= 4 is 11.7 Å². The number of aromatic hydroxyl groups is 1. The van der Waals surface area contributed by atoms with Crippen molar-refractivity contribution in [2.24, 2.45) is 7.05 Å². The Hall–Kier alpha value is -2.81. The van der Waals surface area contributed by atoms with Crippen LogP contribution in [0.25, 0.3) is 0 Å². The highest BCUT2D eigenvalue weighted by molar-refractivity contribution is 5.92. The Morgan fingerprint density at radius 1 is 1.58 bits per heavy atom. The molecular formula is C13H12N4O2. The summed E-state index contributed by atoms with van der Waals surface area (Å²) in [7, 11) is 1.67. The van der Waals surface area contributed by atoms with Crippen molar-refractivity contribution in [3.63, 3.8) is 0 Å². The number of benzene rings is 1. The Morgan fingerprint density at radius 2 is 2.37 bits per heavy atom. The number of nitrogens with zero attached hydrogens (tertiary/aromatic N) is 3. The van der Waals surface area contributed by atoms with Crippen molar-refractivity contribution in [3.8, 4) is 11.8 Å². The third-order valence-electron chi connectivity index (χ3n) is 2.48. The predicted octanol–water partition coefficient (Wildman–Crippen LogP) is 1.18. The van der Waals surface area contributed by atoms with Crippen LogP contribution in [0.5, 0.6) is 5.75 Å². The minimum atomic E-state index is -0.291. The monoisotopic (exact) mass is 256 g/mol. The molecule has 6 heteroatoms. The zero-order chi connectivity index (χ0) is 13.8. The van der Waals surface area contributed by atoms with E-state index in [4.69, 9.17) is 5.26 Å². The van der Waals surface area contributed by atoms with Gasteiger partial charge in [0.1, 0.15) is 17.4 Å². The number of hydrogen-bond acceptors (Lipinski definition) is 4. The van der Waals surface area contributed by atoms with Gasteiger partial charge in [-0.1, -0.05) is 12.1 Å². The number of phenolic OH excluding ortho intramolecular Hbond substituents is 1. The van der Waals surface area contributed by atoms with Gasteiger partial charge in [-0.05, 0) is 17.7 Å².